The zero-order chi connectivity index (χ0) is 18.6. The summed E-state index contributed by atoms with van der Waals surface area (Å²) < 4.78 is 3.22. The van der Waals surface area contributed by atoms with Crippen LogP contribution in [0.15, 0.2) is 47.5 Å². The molecular formula is C20H26BrN5O. The van der Waals surface area contributed by atoms with Gasteiger partial charge in [-0.25, -0.2) is 9.78 Å². The molecule has 0 radical (unpaired) electrons. The number of halogens is 1. The summed E-state index contributed by atoms with van der Waals surface area (Å²) >= 11 is 3.54. The smallest absolute Gasteiger partial charge is 0.317 e. The van der Waals surface area contributed by atoms with E-state index in [0.717, 1.165) is 56.5 Å². The Morgan fingerprint density at radius 1 is 1.26 bits per heavy atom. The van der Waals surface area contributed by atoms with Gasteiger partial charge in [-0.3, -0.25) is 0 Å². The van der Waals surface area contributed by atoms with Crippen molar-refractivity contribution >= 4 is 27.6 Å². The molecule has 2 aliphatic rings. The number of imidazole rings is 1. The highest BCUT2D eigenvalue weighted by molar-refractivity contribution is 9.10. The standard InChI is InChI=1S/C20H26BrN5O/c21-17-3-1-4-18(11-17)24-9-6-16(13-24)12-23-20(27)25-8-2-5-19(14-25)26-10-7-22-15-26/h1,3-4,7,10-11,15-16,19H,2,5-6,8-9,12-14H2,(H,23,27). The third kappa shape index (κ3) is 4.46. The van der Waals surface area contributed by atoms with Crippen molar-refractivity contribution in [1.29, 1.82) is 0 Å². The third-order valence-electron chi connectivity index (χ3n) is 5.63. The highest BCUT2D eigenvalue weighted by Crippen LogP contribution is 2.26. The van der Waals surface area contributed by atoms with Crippen LogP contribution in [-0.4, -0.2) is 53.2 Å². The number of hydrogen-bond acceptors (Lipinski definition) is 3. The van der Waals surface area contributed by atoms with Crippen LogP contribution in [0.25, 0.3) is 0 Å². The number of carbonyl (C=O) groups excluding carboxylic acids is 1. The summed E-state index contributed by atoms with van der Waals surface area (Å²) in [5.74, 6) is 0.502. The summed E-state index contributed by atoms with van der Waals surface area (Å²) in [6.45, 7) is 4.39. The zero-order valence-corrected chi connectivity index (χ0v) is 17.0. The van der Waals surface area contributed by atoms with Crippen LogP contribution in [0.3, 0.4) is 0 Å². The Labute approximate surface area is 168 Å². The molecule has 2 aliphatic heterocycles. The van der Waals surface area contributed by atoms with Crippen molar-refractivity contribution in [2.45, 2.75) is 25.3 Å². The number of urea groups is 1. The van der Waals surface area contributed by atoms with Crippen LogP contribution in [0.2, 0.25) is 0 Å². The Kier molecular flexibility index (Phi) is 5.66. The number of amides is 2. The van der Waals surface area contributed by atoms with Gasteiger partial charge in [-0.2, -0.15) is 0 Å². The number of carbonyl (C=O) groups is 1. The minimum Gasteiger partial charge on any atom is -0.371 e. The quantitative estimate of drug-likeness (QED) is 0.805. The fraction of sp³-hybridized carbons (Fsp3) is 0.500. The zero-order valence-electron chi connectivity index (χ0n) is 15.4. The van der Waals surface area contributed by atoms with Gasteiger partial charge in [-0.1, -0.05) is 22.0 Å². The monoisotopic (exact) mass is 431 g/mol. The molecule has 1 aromatic heterocycles. The molecular weight excluding hydrogens is 406 g/mol. The summed E-state index contributed by atoms with van der Waals surface area (Å²) in [5.41, 5.74) is 1.25. The molecule has 3 heterocycles. The molecule has 2 amide bonds. The topological polar surface area (TPSA) is 53.4 Å². The van der Waals surface area contributed by atoms with Crippen LogP contribution in [-0.2, 0) is 0 Å². The molecule has 1 aromatic carbocycles. The minimum atomic E-state index is 0.0701. The molecule has 7 heteroatoms. The van der Waals surface area contributed by atoms with Gasteiger partial charge in [0.05, 0.1) is 12.4 Å². The van der Waals surface area contributed by atoms with Crippen molar-refractivity contribution in [1.82, 2.24) is 19.8 Å². The van der Waals surface area contributed by atoms with Crippen molar-refractivity contribution in [3.05, 3.63) is 47.5 Å². The van der Waals surface area contributed by atoms with Crippen molar-refractivity contribution in [3.63, 3.8) is 0 Å². The molecule has 6 nitrogen and oxygen atoms in total. The van der Waals surface area contributed by atoms with E-state index in [1.54, 1.807) is 6.20 Å². The van der Waals surface area contributed by atoms with Crippen LogP contribution in [0, 0.1) is 5.92 Å². The largest absolute Gasteiger partial charge is 0.371 e. The average molecular weight is 432 g/mol. The van der Waals surface area contributed by atoms with Crippen LogP contribution in [0.5, 0.6) is 0 Å². The number of benzene rings is 1. The number of rotatable bonds is 4. The Morgan fingerprint density at radius 3 is 3.00 bits per heavy atom. The Morgan fingerprint density at radius 2 is 2.19 bits per heavy atom. The van der Waals surface area contributed by atoms with Gasteiger partial charge in [0.1, 0.15) is 0 Å². The van der Waals surface area contributed by atoms with E-state index in [-0.39, 0.29) is 6.03 Å². The van der Waals surface area contributed by atoms with Crippen LogP contribution < -0.4 is 10.2 Å². The van der Waals surface area contributed by atoms with Crippen molar-refractivity contribution in [2.24, 2.45) is 5.92 Å². The second-order valence-corrected chi connectivity index (χ2v) is 8.43. The SMILES string of the molecule is O=C(NCC1CCN(c2cccc(Br)c2)C1)N1CCCC(n2ccnc2)C1. The molecule has 2 atom stereocenters. The molecule has 2 fully saturated rings. The Hall–Kier alpha value is -2.02. The minimum absolute atomic E-state index is 0.0701. The van der Waals surface area contributed by atoms with Crippen molar-refractivity contribution in [3.8, 4) is 0 Å². The second-order valence-electron chi connectivity index (χ2n) is 7.52. The first-order valence-electron chi connectivity index (χ1n) is 9.70. The molecule has 4 rings (SSSR count). The summed E-state index contributed by atoms with van der Waals surface area (Å²) in [6.07, 6.45) is 8.89. The summed E-state index contributed by atoms with van der Waals surface area (Å²) in [5, 5.41) is 3.17. The molecule has 27 heavy (non-hydrogen) atoms. The molecule has 2 unspecified atom stereocenters. The molecule has 0 bridgehead atoms. The van der Waals surface area contributed by atoms with E-state index < -0.39 is 0 Å². The number of aromatic nitrogens is 2. The van der Waals surface area contributed by atoms with Crippen molar-refractivity contribution < 1.29 is 4.79 Å². The molecule has 0 spiro atoms. The van der Waals surface area contributed by atoms with Gasteiger partial charge in [-0.15, -0.1) is 0 Å². The summed E-state index contributed by atoms with van der Waals surface area (Å²) in [7, 11) is 0. The second kappa shape index (κ2) is 8.33. The van der Waals surface area contributed by atoms with E-state index in [0.29, 0.717) is 12.0 Å². The first kappa shape index (κ1) is 18.3. The molecule has 2 saturated heterocycles. The molecule has 2 aromatic rings. The lowest BCUT2D eigenvalue weighted by molar-refractivity contribution is 0.165. The lowest BCUT2D eigenvalue weighted by Gasteiger charge is -2.33. The average Bonchev–Trinajstić information content (AvgIpc) is 3.38. The lowest BCUT2D eigenvalue weighted by Crippen LogP contribution is -2.47. The number of hydrogen-bond donors (Lipinski definition) is 1. The van der Waals surface area contributed by atoms with Gasteiger partial charge in [0.25, 0.3) is 0 Å². The highest BCUT2D eigenvalue weighted by atomic mass is 79.9. The van der Waals surface area contributed by atoms with Crippen LogP contribution in [0.4, 0.5) is 10.5 Å². The van der Waals surface area contributed by atoms with Crippen LogP contribution >= 0.6 is 15.9 Å². The maximum absolute atomic E-state index is 12.6. The van der Waals surface area contributed by atoms with E-state index in [9.17, 15) is 4.79 Å². The maximum atomic E-state index is 12.6. The van der Waals surface area contributed by atoms with Crippen molar-refractivity contribution in [2.75, 3.05) is 37.6 Å². The fourth-order valence-corrected chi connectivity index (χ4v) is 4.51. The first-order valence-corrected chi connectivity index (χ1v) is 10.5. The number of anilines is 1. The van der Waals surface area contributed by atoms with E-state index in [1.807, 2.05) is 23.5 Å². The molecule has 0 aliphatic carbocycles. The lowest BCUT2D eigenvalue weighted by atomic mass is 10.1. The molecule has 0 saturated carbocycles. The summed E-state index contributed by atoms with van der Waals surface area (Å²) in [6, 6.07) is 8.83. The van der Waals surface area contributed by atoms with E-state index in [4.69, 9.17) is 0 Å². The Balaban J connectivity index is 1.26. The predicted molar refractivity (Wildman–Crippen MR) is 110 cm³/mol. The predicted octanol–water partition coefficient (Wildman–Crippen LogP) is 3.52. The third-order valence-corrected chi connectivity index (χ3v) is 6.12. The van der Waals surface area contributed by atoms with E-state index in [2.05, 4.69) is 53.9 Å². The highest BCUT2D eigenvalue weighted by Gasteiger charge is 2.27. The maximum Gasteiger partial charge on any atom is 0.317 e. The van der Waals surface area contributed by atoms with Crippen LogP contribution in [0.1, 0.15) is 25.3 Å². The summed E-state index contributed by atoms with van der Waals surface area (Å²) in [4.78, 5) is 21.1. The van der Waals surface area contributed by atoms with Gasteiger partial charge in [0.2, 0.25) is 0 Å². The number of nitrogens with one attached hydrogen (secondary N) is 1. The van der Waals surface area contributed by atoms with E-state index >= 15 is 0 Å². The fourth-order valence-electron chi connectivity index (χ4n) is 4.12. The van der Waals surface area contributed by atoms with E-state index in [1.165, 1.54) is 5.69 Å². The first-order chi connectivity index (χ1) is 13.2. The number of piperidine rings is 1. The van der Waals surface area contributed by atoms with Gasteiger partial charge in [0, 0.05) is 55.3 Å². The van der Waals surface area contributed by atoms with Gasteiger partial charge >= 0.3 is 6.03 Å². The number of nitrogens with zero attached hydrogens (tertiary/aromatic N) is 4. The van der Waals surface area contributed by atoms with Gasteiger partial charge < -0.3 is 19.7 Å². The molecule has 1 N–H and O–H groups in total. The van der Waals surface area contributed by atoms with Gasteiger partial charge in [0.15, 0.2) is 0 Å². The molecule has 144 valence electrons. The van der Waals surface area contributed by atoms with Gasteiger partial charge in [-0.05, 0) is 43.4 Å². The normalized spacial score (nSPS) is 22.9. The Bertz CT molecular complexity index is 765. The number of likely N-dealkylation sites (tertiary alicyclic amines) is 1.